The first-order chi connectivity index (χ1) is 7.56. The highest BCUT2D eigenvalue weighted by Crippen LogP contribution is 2.31. The molecule has 1 heterocycles. The number of carbonyl (C=O) groups is 1. The standard InChI is InChI=1S/C12H16N2O2/c1-7-6-14(12(16)9-3-4-9)10(5-13)8(2)11(7)15/h6,9H,3-5,13H2,1-2H3. The van der Waals surface area contributed by atoms with Crippen LogP contribution in [0.4, 0.5) is 0 Å². The number of carbonyl (C=O) groups excluding carboxylic acids is 1. The van der Waals surface area contributed by atoms with Crippen LogP contribution < -0.4 is 11.2 Å². The van der Waals surface area contributed by atoms with Gasteiger partial charge < -0.3 is 5.73 Å². The zero-order valence-corrected chi connectivity index (χ0v) is 9.62. The molecule has 0 aliphatic heterocycles. The first kappa shape index (κ1) is 11.1. The van der Waals surface area contributed by atoms with E-state index < -0.39 is 0 Å². The second-order valence-corrected chi connectivity index (χ2v) is 4.40. The normalized spacial score (nSPS) is 15.2. The Balaban J connectivity index is 2.59. The molecular weight excluding hydrogens is 204 g/mol. The Kier molecular flexibility index (Phi) is 2.68. The third kappa shape index (κ3) is 1.69. The summed E-state index contributed by atoms with van der Waals surface area (Å²) in [6.07, 6.45) is 3.53. The van der Waals surface area contributed by atoms with E-state index in [0.717, 1.165) is 12.8 Å². The number of rotatable bonds is 2. The van der Waals surface area contributed by atoms with E-state index in [1.54, 1.807) is 24.6 Å². The zero-order chi connectivity index (χ0) is 11.9. The smallest absolute Gasteiger partial charge is 0.233 e. The highest BCUT2D eigenvalue weighted by molar-refractivity contribution is 5.84. The van der Waals surface area contributed by atoms with E-state index in [4.69, 9.17) is 5.73 Å². The summed E-state index contributed by atoms with van der Waals surface area (Å²) in [4.78, 5) is 23.7. The number of hydrogen-bond donors (Lipinski definition) is 1. The maximum absolute atomic E-state index is 12.0. The summed E-state index contributed by atoms with van der Waals surface area (Å²) in [7, 11) is 0. The van der Waals surface area contributed by atoms with Gasteiger partial charge in [-0.3, -0.25) is 14.2 Å². The first-order valence-electron chi connectivity index (χ1n) is 5.52. The first-order valence-corrected chi connectivity index (χ1v) is 5.52. The van der Waals surface area contributed by atoms with Gasteiger partial charge in [-0.05, 0) is 26.7 Å². The van der Waals surface area contributed by atoms with Crippen molar-refractivity contribution in [2.75, 3.05) is 0 Å². The van der Waals surface area contributed by atoms with E-state index in [1.165, 1.54) is 0 Å². The molecule has 86 valence electrons. The van der Waals surface area contributed by atoms with Crippen LogP contribution in [0.15, 0.2) is 11.0 Å². The van der Waals surface area contributed by atoms with Gasteiger partial charge in [0.25, 0.3) is 0 Å². The predicted molar refractivity (Wildman–Crippen MR) is 61.4 cm³/mol. The summed E-state index contributed by atoms with van der Waals surface area (Å²) in [6, 6.07) is 0. The van der Waals surface area contributed by atoms with Gasteiger partial charge in [0.15, 0.2) is 5.43 Å². The van der Waals surface area contributed by atoms with Gasteiger partial charge >= 0.3 is 0 Å². The molecule has 1 aliphatic rings. The minimum absolute atomic E-state index is 0.0136. The summed E-state index contributed by atoms with van der Waals surface area (Å²) in [5.74, 6) is 0.207. The Morgan fingerprint density at radius 1 is 1.50 bits per heavy atom. The van der Waals surface area contributed by atoms with E-state index in [0.29, 0.717) is 16.8 Å². The lowest BCUT2D eigenvalue weighted by Crippen LogP contribution is -2.26. The van der Waals surface area contributed by atoms with Crippen molar-refractivity contribution in [1.29, 1.82) is 0 Å². The SMILES string of the molecule is Cc1cn(C(=O)C2CC2)c(CN)c(C)c1=O. The fraction of sp³-hybridized carbons (Fsp3) is 0.500. The van der Waals surface area contributed by atoms with Gasteiger partial charge in [0.2, 0.25) is 5.91 Å². The van der Waals surface area contributed by atoms with Gasteiger partial charge in [-0.1, -0.05) is 0 Å². The quantitative estimate of drug-likeness (QED) is 0.807. The van der Waals surface area contributed by atoms with Crippen LogP contribution in [0, 0.1) is 19.8 Å². The minimum Gasteiger partial charge on any atom is -0.325 e. The molecule has 1 saturated carbocycles. The highest BCUT2D eigenvalue weighted by Gasteiger charge is 2.31. The second kappa shape index (κ2) is 3.87. The van der Waals surface area contributed by atoms with E-state index in [-0.39, 0.29) is 23.8 Å². The van der Waals surface area contributed by atoms with Gasteiger partial charge in [-0.25, -0.2) is 0 Å². The third-order valence-corrected chi connectivity index (χ3v) is 3.10. The van der Waals surface area contributed by atoms with Crippen LogP contribution in [0.2, 0.25) is 0 Å². The summed E-state index contributed by atoms with van der Waals surface area (Å²) < 4.78 is 1.57. The molecule has 0 saturated heterocycles. The lowest BCUT2D eigenvalue weighted by atomic mass is 10.1. The lowest BCUT2D eigenvalue weighted by molar-refractivity contribution is 0.0881. The summed E-state index contributed by atoms with van der Waals surface area (Å²) in [5, 5.41) is 0. The van der Waals surface area contributed by atoms with E-state index in [2.05, 4.69) is 0 Å². The molecule has 2 N–H and O–H groups in total. The molecule has 0 unspecified atom stereocenters. The predicted octanol–water partition coefficient (Wildman–Crippen LogP) is 0.974. The van der Waals surface area contributed by atoms with Crippen LogP contribution in [-0.4, -0.2) is 10.5 Å². The molecule has 1 aromatic rings. The molecule has 16 heavy (non-hydrogen) atoms. The topological polar surface area (TPSA) is 65.1 Å². The largest absolute Gasteiger partial charge is 0.325 e. The molecule has 0 aromatic carbocycles. The number of aryl methyl sites for hydroxylation is 1. The average Bonchev–Trinajstić information content (AvgIpc) is 3.08. The Labute approximate surface area is 94.1 Å². The van der Waals surface area contributed by atoms with Crippen LogP contribution in [0.1, 0.15) is 34.5 Å². The van der Waals surface area contributed by atoms with Crippen molar-refractivity contribution in [2.45, 2.75) is 33.2 Å². The number of nitrogens with zero attached hydrogens (tertiary/aromatic N) is 1. The Hall–Kier alpha value is -1.42. The summed E-state index contributed by atoms with van der Waals surface area (Å²) >= 11 is 0. The van der Waals surface area contributed by atoms with Crippen molar-refractivity contribution in [3.63, 3.8) is 0 Å². The van der Waals surface area contributed by atoms with Gasteiger partial charge in [-0.2, -0.15) is 0 Å². The van der Waals surface area contributed by atoms with Crippen LogP contribution >= 0.6 is 0 Å². The maximum atomic E-state index is 12.0. The fourth-order valence-electron chi connectivity index (χ4n) is 1.91. The number of pyridine rings is 1. The van der Waals surface area contributed by atoms with Gasteiger partial charge in [0, 0.05) is 35.5 Å². The molecule has 0 atom stereocenters. The zero-order valence-electron chi connectivity index (χ0n) is 9.62. The number of hydrogen-bond acceptors (Lipinski definition) is 3. The highest BCUT2D eigenvalue weighted by atomic mass is 16.2. The van der Waals surface area contributed by atoms with Crippen molar-refractivity contribution in [1.82, 2.24) is 4.57 Å². The summed E-state index contributed by atoms with van der Waals surface area (Å²) in [6.45, 7) is 3.68. The Morgan fingerprint density at radius 3 is 2.62 bits per heavy atom. The number of aromatic nitrogens is 1. The van der Waals surface area contributed by atoms with Crippen molar-refractivity contribution >= 4 is 5.91 Å². The third-order valence-electron chi connectivity index (χ3n) is 3.10. The van der Waals surface area contributed by atoms with E-state index in [9.17, 15) is 9.59 Å². The molecule has 1 aromatic heterocycles. The molecule has 2 rings (SSSR count). The molecule has 1 fully saturated rings. The van der Waals surface area contributed by atoms with Crippen molar-refractivity contribution in [2.24, 2.45) is 11.7 Å². The fourth-order valence-corrected chi connectivity index (χ4v) is 1.91. The molecular formula is C12H16N2O2. The van der Waals surface area contributed by atoms with Crippen LogP contribution in [0.25, 0.3) is 0 Å². The summed E-state index contributed by atoms with van der Waals surface area (Å²) in [5.41, 5.74) is 7.44. The van der Waals surface area contributed by atoms with Crippen LogP contribution in [-0.2, 0) is 6.54 Å². The Morgan fingerprint density at radius 2 is 2.12 bits per heavy atom. The van der Waals surface area contributed by atoms with Gasteiger partial charge in [0.1, 0.15) is 0 Å². The average molecular weight is 220 g/mol. The number of nitrogens with two attached hydrogens (primary N) is 1. The molecule has 1 aliphatic carbocycles. The molecule has 4 heteroatoms. The Bertz CT molecular complexity index is 498. The molecule has 0 spiro atoms. The van der Waals surface area contributed by atoms with Crippen LogP contribution in [0.5, 0.6) is 0 Å². The van der Waals surface area contributed by atoms with Gasteiger partial charge in [-0.15, -0.1) is 0 Å². The molecule has 0 bridgehead atoms. The van der Waals surface area contributed by atoms with E-state index in [1.807, 2.05) is 0 Å². The van der Waals surface area contributed by atoms with Crippen LogP contribution in [0.3, 0.4) is 0 Å². The molecule has 4 nitrogen and oxygen atoms in total. The second-order valence-electron chi connectivity index (χ2n) is 4.40. The molecule has 0 radical (unpaired) electrons. The van der Waals surface area contributed by atoms with Gasteiger partial charge in [0.05, 0.1) is 0 Å². The van der Waals surface area contributed by atoms with Crippen molar-refractivity contribution < 1.29 is 4.79 Å². The van der Waals surface area contributed by atoms with E-state index >= 15 is 0 Å². The maximum Gasteiger partial charge on any atom is 0.233 e. The lowest BCUT2D eigenvalue weighted by Gasteiger charge is -2.14. The molecule has 0 amide bonds. The van der Waals surface area contributed by atoms with Crippen molar-refractivity contribution in [3.05, 3.63) is 33.2 Å². The van der Waals surface area contributed by atoms with Crippen molar-refractivity contribution in [3.8, 4) is 0 Å². The monoisotopic (exact) mass is 220 g/mol. The minimum atomic E-state index is -0.0136.